The minimum absolute atomic E-state index is 0.0553. The fourth-order valence-electron chi connectivity index (χ4n) is 4.36. The molecule has 2 fully saturated rings. The monoisotopic (exact) mass is 446 g/mol. The summed E-state index contributed by atoms with van der Waals surface area (Å²) in [4.78, 5) is 15.7. The molecule has 1 amide bonds. The molecule has 0 spiro atoms. The maximum atomic E-state index is 13.4. The van der Waals surface area contributed by atoms with Crippen LogP contribution < -0.4 is 10.1 Å². The highest BCUT2D eigenvalue weighted by molar-refractivity contribution is 5.93. The van der Waals surface area contributed by atoms with Crippen LogP contribution >= 0.6 is 0 Å². The first-order chi connectivity index (χ1) is 16.2. The number of nitrogens with one attached hydrogen (secondary N) is 1. The van der Waals surface area contributed by atoms with Crippen molar-refractivity contribution in [3.05, 3.63) is 77.6 Å². The number of ether oxygens (including phenoxy) is 2. The van der Waals surface area contributed by atoms with Crippen molar-refractivity contribution in [1.82, 2.24) is 20.0 Å². The van der Waals surface area contributed by atoms with Gasteiger partial charge in [-0.05, 0) is 48.7 Å². The molecule has 33 heavy (non-hydrogen) atoms. The molecule has 1 unspecified atom stereocenters. The van der Waals surface area contributed by atoms with Gasteiger partial charge < -0.3 is 14.8 Å². The summed E-state index contributed by atoms with van der Waals surface area (Å²) >= 11 is 0. The van der Waals surface area contributed by atoms with Crippen LogP contribution in [-0.2, 0) is 4.74 Å². The number of aromatic nitrogens is 2. The number of hydrogen-bond donors (Lipinski definition) is 1. The van der Waals surface area contributed by atoms with Gasteiger partial charge in [-0.1, -0.05) is 30.3 Å². The lowest BCUT2D eigenvalue weighted by atomic mass is 10.0. The van der Waals surface area contributed by atoms with Crippen molar-refractivity contribution in [2.45, 2.75) is 24.8 Å². The summed E-state index contributed by atoms with van der Waals surface area (Å²) in [5, 5.41) is 7.97. The predicted octanol–water partition coefficient (Wildman–Crippen LogP) is 3.56. The quantitative estimate of drug-likeness (QED) is 0.573. The second kappa shape index (κ2) is 9.77. The average Bonchev–Trinajstić information content (AvgIpc) is 3.63. The second-order valence-electron chi connectivity index (χ2n) is 8.62. The topological polar surface area (TPSA) is 68.6 Å². The van der Waals surface area contributed by atoms with Gasteiger partial charge >= 0.3 is 0 Å². The van der Waals surface area contributed by atoms with Gasteiger partial charge in [-0.2, -0.15) is 5.10 Å². The zero-order valence-corrected chi connectivity index (χ0v) is 18.9. The average molecular weight is 447 g/mol. The van der Waals surface area contributed by atoms with Crippen LogP contribution in [0.2, 0.25) is 0 Å². The fraction of sp³-hybridized carbons (Fsp3) is 0.385. The van der Waals surface area contributed by atoms with E-state index in [0.29, 0.717) is 31.4 Å². The lowest BCUT2D eigenvalue weighted by molar-refractivity contribution is 0.0162. The Morgan fingerprint density at radius 1 is 1.12 bits per heavy atom. The van der Waals surface area contributed by atoms with Crippen molar-refractivity contribution in [3.8, 4) is 11.4 Å². The van der Waals surface area contributed by atoms with Gasteiger partial charge in [0.1, 0.15) is 11.4 Å². The van der Waals surface area contributed by atoms with E-state index in [1.807, 2.05) is 48.5 Å². The van der Waals surface area contributed by atoms with Crippen LogP contribution in [0.4, 0.5) is 0 Å². The largest absolute Gasteiger partial charge is 0.497 e. The van der Waals surface area contributed by atoms with Gasteiger partial charge in [-0.25, -0.2) is 4.68 Å². The van der Waals surface area contributed by atoms with Crippen LogP contribution in [0.3, 0.4) is 0 Å². The van der Waals surface area contributed by atoms with E-state index in [4.69, 9.17) is 14.6 Å². The van der Waals surface area contributed by atoms with E-state index in [1.54, 1.807) is 11.8 Å². The summed E-state index contributed by atoms with van der Waals surface area (Å²) in [6.45, 7) is 3.57. The van der Waals surface area contributed by atoms with Crippen LogP contribution in [-0.4, -0.2) is 60.5 Å². The van der Waals surface area contributed by atoms with E-state index in [0.717, 1.165) is 48.6 Å². The third-order valence-electron chi connectivity index (χ3n) is 6.40. The molecule has 1 aliphatic carbocycles. The number of rotatable bonds is 8. The summed E-state index contributed by atoms with van der Waals surface area (Å²) in [7, 11) is 1.67. The number of hydrogen-bond acceptors (Lipinski definition) is 5. The zero-order valence-electron chi connectivity index (χ0n) is 18.9. The number of benzene rings is 2. The van der Waals surface area contributed by atoms with E-state index in [1.165, 1.54) is 0 Å². The Balaban J connectivity index is 1.37. The Kier molecular flexibility index (Phi) is 6.41. The summed E-state index contributed by atoms with van der Waals surface area (Å²) in [5.74, 6) is 1.19. The third-order valence-corrected chi connectivity index (χ3v) is 6.40. The molecule has 1 aliphatic heterocycles. The minimum atomic E-state index is -0.106. The van der Waals surface area contributed by atoms with Gasteiger partial charge in [0.2, 0.25) is 0 Å². The van der Waals surface area contributed by atoms with Crippen LogP contribution in [0, 0.1) is 0 Å². The van der Waals surface area contributed by atoms with Gasteiger partial charge in [0.15, 0.2) is 0 Å². The summed E-state index contributed by atoms with van der Waals surface area (Å²) in [6.07, 6.45) is 2.28. The molecule has 0 radical (unpaired) electrons. The normalized spacial score (nSPS) is 17.5. The number of morpholine rings is 1. The molecule has 7 nitrogen and oxygen atoms in total. The second-order valence-corrected chi connectivity index (χ2v) is 8.62. The maximum Gasteiger partial charge on any atom is 0.270 e. The Bertz CT molecular complexity index is 1070. The van der Waals surface area contributed by atoms with E-state index in [2.05, 4.69) is 22.3 Å². The summed E-state index contributed by atoms with van der Waals surface area (Å²) in [5.41, 5.74) is 3.63. The molecule has 1 N–H and O–H groups in total. The molecule has 3 aromatic rings. The van der Waals surface area contributed by atoms with Crippen molar-refractivity contribution in [3.63, 3.8) is 0 Å². The smallest absolute Gasteiger partial charge is 0.270 e. The molecular formula is C26H30N4O3. The van der Waals surface area contributed by atoms with Gasteiger partial charge in [-0.3, -0.25) is 9.69 Å². The van der Waals surface area contributed by atoms with Crippen molar-refractivity contribution in [2.24, 2.45) is 0 Å². The number of nitrogens with zero attached hydrogens (tertiary/aromatic N) is 3. The number of carbonyl (C=O) groups is 1. The molecule has 7 heteroatoms. The fourth-order valence-corrected chi connectivity index (χ4v) is 4.36. The lowest BCUT2D eigenvalue weighted by Crippen LogP contribution is -2.44. The highest BCUT2D eigenvalue weighted by Crippen LogP contribution is 2.39. The van der Waals surface area contributed by atoms with Crippen molar-refractivity contribution in [2.75, 3.05) is 40.0 Å². The molecule has 2 aromatic carbocycles. The Hall–Kier alpha value is -3.16. The molecule has 1 saturated carbocycles. The van der Waals surface area contributed by atoms with Crippen LogP contribution in [0.25, 0.3) is 5.69 Å². The first-order valence-electron chi connectivity index (χ1n) is 11.6. The van der Waals surface area contributed by atoms with Gasteiger partial charge in [0, 0.05) is 25.6 Å². The molecule has 5 rings (SSSR count). The summed E-state index contributed by atoms with van der Waals surface area (Å²) < 4.78 is 12.6. The Labute approximate surface area is 194 Å². The maximum absolute atomic E-state index is 13.4. The SMILES string of the molecule is COc1ccc(C(CNC(=O)c2cc(C3CC3)nn2-c2ccccc2)N2CCOCC2)cc1. The van der Waals surface area contributed by atoms with Gasteiger partial charge in [0.25, 0.3) is 5.91 Å². The van der Waals surface area contributed by atoms with Crippen LogP contribution in [0.1, 0.15) is 46.5 Å². The molecule has 1 saturated heterocycles. The molecule has 1 atom stereocenters. The zero-order chi connectivity index (χ0) is 22.6. The lowest BCUT2D eigenvalue weighted by Gasteiger charge is -2.35. The number of methoxy groups -OCH3 is 1. The van der Waals surface area contributed by atoms with Crippen LogP contribution in [0.5, 0.6) is 5.75 Å². The van der Waals surface area contributed by atoms with Crippen molar-refractivity contribution >= 4 is 5.91 Å². The molecule has 0 bridgehead atoms. The Morgan fingerprint density at radius 3 is 2.52 bits per heavy atom. The highest BCUT2D eigenvalue weighted by Gasteiger charge is 2.30. The van der Waals surface area contributed by atoms with Gasteiger partial charge in [0.05, 0.1) is 37.7 Å². The molecule has 2 heterocycles. The van der Waals surface area contributed by atoms with Crippen molar-refractivity contribution in [1.29, 1.82) is 0 Å². The highest BCUT2D eigenvalue weighted by atomic mass is 16.5. The van der Waals surface area contributed by atoms with Crippen molar-refractivity contribution < 1.29 is 14.3 Å². The minimum Gasteiger partial charge on any atom is -0.497 e. The summed E-state index contributed by atoms with van der Waals surface area (Å²) in [6, 6.07) is 20.0. The first-order valence-corrected chi connectivity index (χ1v) is 11.6. The van der Waals surface area contributed by atoms with E-state index in [-0.39, 0.29) is 11.9 Å². The molecule has 1 aromatic heterocycles. The standard InChI is InChI=1S/C26H30N4O3/c1-32-22-11-9-20(10-12-22)25(29-13-15-33-16-14-29)18-27-26(31)24-17-23(19-7-8-19)28-30(24)21-5-3-2-4-6-21/h2-6,9-12,17,19,25H,7-8,13-16,18H2,1H3,(H,27,31). The first kappa shape index (κ1) is 21.7. The number of carbonyl (C=O) groups excluding carboxylic acids is 1. The van der Waals surface area contributed by atoms with Gasteiger partial charge in [-0.15, -0.1) is 0 Å². The third kappa shape index (κ3) is 4.94. The van der Waals surface area contributed by atoms with E-state index < -0.39 is 0 Å². The molecule has 172 valence electrons. The number of para-hydroxylation sites is 1. The number of amides is 1. The molecule has 2 aliphatic rings. The van der Waals surface area contributed by atoms with E-state index >= 15 is 0 Å². The molecular weight excluding hydrogens is 416 g/mol. The Morgan fingerprint density at radius 2 is 1.85 bits per heavy atom. The van der Waals surface area contributed by atoms with Crippen LogP contribution in [0.15, 0.2) is 60.7 Å². The predicted molar refractivity (Wildman–Crippen MR) is 126 cm³/mol. The van der Waals surface area contributed by atoms with E-state index in [9.17, 15) is 4.79 Å².